The molecular formula is C22H36N4O2. The van der Waals surface area contributed by atoms with E-state index in [1.54, 1.807) is 0 Å². The van der Waals surface area contributed by atoms with E-state index in [9.17, 15) is 0 Å². The van der Waals surface area contributed by atoms with Crippen LogP contribution in [0.3, 0.4) is 0 Å². The van der Waals surface area contributed by atoms with Crippen molar-refractivity contribution < 1.29 is 9.47 Å². The first-order chi connectivity index (χ1) is 13.7. The molecule has 0 amide bonds. The third-order valence-corrected chi connectivity index (χ3v) is 5.36. The molecule has 0 unspecified atom stereocenters. The average Bonchev–Trinajstić information content (AvgIpc) is 3.55. The van der Waals surface area contributed by atoms with Crippen LogP contribution in [0, 0.1) is 12.8 Å². The average molecular weight is 389 g/mol. The zero-order valence-electron chi connectivity index (χ0n) is 17.5. The Morgan fingerprint density at radius 2 is 2.04 bits per heavy atom. The van der Waals surface area contributed by atoms with E-state index in [-0.39, 0.29) is 0 Å². The number of hydrogen-bond acceptors (Lipinski definition) is 4. The van der Waals surface area contributed by atoms with E-state index in [4.69, 9.17) is 9.47 Å². The maximum atomic E-state index is 6.06. The molecule has 0 bridgehead atoms. The van der Waals surface area contributed by atoms with Crippen LogP contribution in [-0.4, -0.2) is 63.9 Å². The summed E-state index contributed by atoms with van der Waals surface area (Å²) in [6, 6.07) is 6.43. The third kappa shape index (κ3) is 7.32. The Labute approximate surface area is 169 Å². The Balaban J connectivity index is 1.36. The van der Waals surface area contributed by atoms with Crippen LogP contribution in [0.5, 0.6) is 5.75 Å². The van der Waals surface area contributed by atoms with Gasteiger partial charge in [-0.2, -0.15) is 0 Å². The van der Waals surface area contributed by atoms with Crippen LogP contribution in [-0.2, 0) is 11.3 Å². The lowest BCUT2D eigenvalue weighted by Crippen LogP contribution is -2.38. The summed E-state index contributed by atoms with van der Waals surface area (Å²) in [7, 11) is 1.82. The summed E-state index contributed by atoms with van der Waals surface area (Å²) < 4.78 is 11.5. The number of aliphatic imine (C=N–C) groups is 1. The Kier molecular flexibility index (Phi) is 8.42. The van der Waals surface area contributed by atoms with Gasteiger partial charge in [0.05, 0.1) is 19.8 Å². The lowest BCUT2D eigenvalue weighted by atomic mass is 10.1. The van der Waals surface area contributed by atoms with Crippen molar-refractivity contribution in [1.82, 2.24) is 15.5 Å². The molecule has 0 radical (unpaired) electrons. The van der Waals surface area contributed by atoms with E-state index in [1.807, 2.05) is 7.05 Å². The summed E-state index contributed by atoms with van der Waals surface area (Å²) >= 11 is 0. The molecule has 3 rings (SSSR count). The van der Waals surface area contributed by atoms with Gasteiger partial charge in [0, 0.05) is 38.8 Å². The largest absolute Gasteiger partial charge is 0.493 e. The molecule has 2 N–H and O–H groups in total. The summed E-state index contributed by atoms with van der Waals surface area (Å²) in [4.78, 5) is 6.83. The van der Waals surface area contributed by atoms with Gasteiger partial charge in [-0.3, -0.25) is 9.89 Å². The van der Waals surface area contributed by atoms with Crippen molar-refractivity contribution >= 4 is 5.96 Å². The van der Waals surface area contributed by atoms with Crippen LogP contribution in [0.25, 0.3) is 0 Å². The summed E-state index contributed by atoms with van der Waals surface area (Å²) in [5.74, 6) is 2.61. The van der Waals surface area contributed by atoms with Gasteiger partial charge in [-0.15, -0.1) is 0 Å². The summed E-state index contributed by atoms with van der Waals surface area (Å²) in [6.07, 6.45) is 4.95. The number of nitrogens with zero attached hydrogens (tertiary/aromatic N) is 2. The molecule has 1 saturated heterocycles. The fraction of sp³-hybridized carbons (Fsp3) is 0.682. The highest BCUT2D eigenvalue weighted by Gasteiger charge is 2.22. The Morgan fingerprint density at radius 1 is 1.21 bits per heavy atom. The molecule has 1 saturated carbocycles. The van der Waals surface area contributed by atoms with Gasteiger partial charge in [0.15, 0.2) is 5.96 Å². The smallest absolute Gasteiger partial charge is 0.191 e. The molecule has 1 aromatic carbocycles. The van der Waals surface area contributed by atoms with E-state index in [0.717, 1.165) is 70.0 Å². The van der Waals surface area contributed by atoms with Gasteiger partial charge in [-0.05, 0) is 56.7 Å². The minimum atomic E-state index is 0.716. The Hall–Kier alpha value is -1.79. The molecule has 0 spiro atoms. The molecule has 2 aliphatic rings. The van der Waals surface area contributed by atoms with Crippen molar-refractivity contribution in [3.8, 4) is 5.75 Å². The van der Waals surface area contributed by atoms with Crippen molar-refractivity contribution in [2.75, 3.05) is 53.0 Å². The van der Waals surface area contributed by atoms with Crippen molar-refractivity contribution in [2.24, 2.45) is 10.9 Å². The van der Waals surface area contributed by atoms with E-state index in [1.165, 1.54) is 30.4 Å². The molecule has 6 nitrogen and oxygen atoms in total. The standard InChI is InChI=1S/C22H36N4O2/c1-18-5-8-20(21(15-18)28-17-19-6-7-19)16-25-22(23-2)24-9-3-4-10-26-11-13-27-14-12-26/h5,8,15,19H,3-4,6-7,9-14,16-17H2,1-2H3,(H2,23,24,25). The second kappa shape index (κ2) is 11.3. The number of aryl methyl sites for hydroxylation is 1. The molecule has 6 heteroatoms. The maximum absolute atomic E-state index is 6.06. The number of unbranched alkanes of at least 4 members (excludes halogenated alkanes) is 1. The number of nitrogens with one attached hydrogen (secondary N) is 2. The van der Waals surface area contributed by atoms with E-state index in [0.29, 0.717) is 6.54 Å². The topological polar surface area (TPSA) is 58.1 Å². The van der Waals surface area contributed by atoms with Gasteiger partial charge < -0.3 is 20.1 Å². The number of hydrogen-bond donors (Lipinski definition) is 2. The number of morpholine rings is 1. The predicted octanol–water partition coefficient (Wildman–Crippen LogP) is 2.56. The van der Waals surface area contributed by atoms with Gasteiger partial charge in [0.1, 0.15) is 5.75 Å². The molecule has 0 atom stereocenters. The summed E-state index contributed by atoms with van der Waals surface area (Å²) in [6.45, 7) is 9.64. The van der Waals surface area contributed by atoms with Crippen LogP contribution >= 0.6 is 0 Å². The quantitative estimate of drug-likeness (QED) is 0.367. The van der Waals surface area contributed by atoms with Crippen molar-refractivity contribution in [3.63, 3.8) is 0 Å². The highest BCUT2D eigenvalue weighted by Crippen LogP contribution is 2.30. The summed E-state index contributed by atoms with van der Waals surface area (Å²) in [5.41, 5.74) is 2.42. The maximum Gasteiger partial charge on any atom is 0.191 e. The minimum Gasteiger partial charge on any atom is -0.493 e. The second-order valence-electron chi connectivity index (χ2n) is 7.88. The van der Waals surface area contributed by atoms with Crippen LogP contribution in [0.15, 0.2) is 23.2 Å². The third-order valence-electron chi connectivity index (χ3n) is 5.36. The molecule has 2 fully saturated rings. The van der Waals surface area contributed by atoms with Crippen LogP contribution in [0.4, 0.5) is 0 Å². The zero-order valence-corrected chi connectivity index (χ0v) is 17.5. The van der Waals surface area contributed by atoms with Gasteiger partial charge in [-0.25, -0.2) is 0 Å². The number of rotatable bonds is 10. The molecule has 28 heavy (non-hydrogen) atoms. The lowest BCUT2D eigenvalue weighted by Gasteiger charge is -2.26. The number of benzene rings is 1. The predicted molar refractivity (Wildman–Crippen MR) is 114 cm³/mol. The minimum absolute atomic E-state index is 0.716. The Morgan fingerprint density at radius 3 is 2.79 bits per heavy atom. The molecule has 1 aliphatic carbocycles. The first kappa shape index (κ1) is 20.9. The van der Waals surface area contributed by atoms with Crippen LogP contribution in [0.1, 0.15) is 36.8 Å². The van der Waals surface area contributed by atoms with Gasteiger partial charge in [0.25, 0.3) is 0 Å². The van der Waals surface area contributed by atoms with E-state index < -0.39 is 0 Å². The molecule has 156 valence electrons. The highest BCUT2D eigenvalue weighted by atomic mass is 16.5. The second-order valence-corrected chi connectivity index (χ2v) is 7.88. The van der Waals surface area contributed by atoms with Crippen molar-refractivity contribution in [2.45, 2.75) is 39.2 Å². The number of guanidine groups is 1. The van der Waals surface area contributed by atoms with Crippen LogP contribution in [0.2, 0.25) is 0 Å². The van der Waals surface area contributed by atoms with E-state index >= 15 is 0 Å². The zero-order chi connectivity index (χ0) is 19.6. The molecular weight excluding hydrogens is 352 g/mol. The van der Waals surface area contributed by atoms with Gasteiger partial charge in [0.2, 0.25) is 0 Å². The first-order valence-corrected chi connectivity index (χ1v) is 10.7. The first-order valence-electron chi connectivity index (χ1n) is 10.7. The Bertz CT molecular complexity index is 625. The van der Waals surface area contributed by atoms with E-state index in [2.05, 4.69) is 45.6 Å². The normalized spacial score (nSPS) is 18.1. The monoisotopic (exact) mass is 388 g/mol. The highest BCUT2D eigenvalue weighted by molar-refractivity contribution is 5.79. The summed E-state index contributed by atoms with van der Waals surface area (Å²) in [5, 5.41) is 6.84. The number of ether oxygens (including phenoxy) is 2. The molecule has 0 aromatic heterocycles. The molecule has 1 aliphatic heterocycles. The van der Waals surface area contributed by atoms with Crippen molar-refractivity contribution in [3.05, 3.63) is 29.3 Å². The van der Waals surface area contributed by atoms with Crippen LogP contribution < -0.4 is 15.4 Å². The molecule has 1 heterocycles. The fourth-order valence-electron chi connectivity index (χ4n) is 3.33. The fourth-order valence-corrected chi connectivity index (χ4v) is 3.33. The van der Waals surface area contributed by atoms with Gasteiger partial charge >= 0.3 is 0 Å². The lowest BCUT2D eigenvalue weighted by molar-refractivity contribution is 0.0372. The van der Waals surface area contributed by atoms with Gasteiger partial charge in [-0.1, -0.05) is 12.1 Å². The van der Waals surface area contributed by atoms with Crippen molar-refractivity contribution in [1.29, 1.82) is 0 Å². The molecule has 1 aromatic rings. The SMILES string of the molecule is CN=C(NCCCCN1CCOCC1)NCc1ccc(C)cc1OCC1CC1.